The molecule has 3 nitrogen and oxygen atoms in total. The Balaban J connectivity index is 2.40. The van der Waals surface area contributed by atoms with Gasteiger partial charge in [0.1, 0.15) is 0 Å². The Hall–Kier alpha value is -0.730. The molecule has 1 saturated heterocycles. The van der Waals surface area contributed by atoms with Gasteiger partial charge in [-0.05, 0) is 20.3 Å². The molecule has 0 aromatic carbocycles. The average Bonchev–Trinajstić information content (AvgIpc) is 2.56. The summed E-state index contributed by atoms with van der Waals surface area (Å²) < 4.78 is 0. The first kappa shape index (κ1) is 13.3. The number of hydrogen-bond donors (Lipinski definition) is 0. The molecule has 1 heterocycles. The van der Waals surface area contributed by atoms with Gasteiger partial charge in [0.15, 0.2) is 5.96 Å². The lowest BCUT2D eigenvalue weighted by molar-refractivity contribution is 0.435. The molecule has 0 amide bonds. The maximum atomic E-state index is 4.71. The smallest absolute Gasteiger partial charge is 0.196 e. The number of likely N-dealkylation sites (N-methyl/N-ethyl adjacent to an activating group) is 1. The molecule has 0 aromatic heterocycles. The molecule has 1 rings (SSSR count). The van der Waals surface area contributed by atoms with Gasteiger partial charge in [0.05, 0.1) is 0 Å². The summed E-state index contributed by atoms with van der Waals surface area (Å²) in [5.41, 5.74) is 0. The van der Waals surface area contributed by atoms with Crippen molar-refractivity contribution in [3.63, 3.8) is 0 Å². The molecule has 0 aliphatic carbocycles. The molecule has 1 fully saturated rings. The van der Waals surface area contributed by atoms with Crippen molar-refractivity contribution in [1.29, 1.82) is 0 Å². The summed E-state index contributed by atoms with van der Waals surface area (Å²) in [5.74, 6) is 1.20. The first-order valence-electron chi connectivity index (χ1n) is 6.69. The maximum Gasteiger partial charge on any atom is 0.196 e. The lowest BCUT2D eigenvalue weighted by Gasteiger charge is -2.21. The largest absolute Gasteiger partial charge is 0.344 e. The third-order valence-corrected chi connectivity index (χ3v) is 2.98. The highest BCUT2D eigenvalue weighted by Crippen LogP contribution is 2.10. The second-order valence-corrected chi connectivity index (χ2v) is 4.99. The van der Waals surface area contributed by atoms with E-state index in [0.717, 1.165) is 13.1 Å². The van der Waals surface area contributed by atoms with Crippen LogP contribution in [0.25, 0.3) is 0 Å². The van der Waals surface area contributed by atoms with Gasteiger partial charge in [-0.15, -0.1) is 0 Å². The first-order valence-corrected chi connectivity index (χ1v) is 6.69. The summed E-state index contributed by atoms with van der Waals surface area (Å²) in [7, 11) is 2.15. The van der Waals surface area contributed by atoms with E-state index in [1.165, 1.54) is 38.2 Å². The van der Waals surface area contributed by atoms with Crippen molar-refractivity contribution in [3.05, 3.63) is 0 Å². The second kappa shape index (κ2) is 6.77. The van der Waals surface area contributed by atoms with Crippen LogP contribution in [-0.4, -0.2) is 48.5 Å². The Morgan fingerprint density at radius 1 is 1.19 bits per heavy atom. The predicted octanol–water partition coefficient (Wildman–Crippen LogP) is 2.58. The zero-order valence-corrected chi connectivity index (χ0v) is 11.4. The summed E-state index contributed by atoms with van der Waals surface area (Å²) in [5, 5.41) is 0. The molecule has 1 aliphatic rings. The number of aliphatic imine (C=N–C) groups is 1. The average molecular weight is 225 g/mol. The number of nitrogens with zero attached hydrogens (tertiary/aromatic N) is 3. The fraction of sp³-hybridized carbons (Fsp3) is 0.923. The van der Waals surface area contributed by atoms with Crippen LogP contribution in [0.15, 0.2) is 4.99 Å². The van der Waals surface area contributed by atoms with Gasteiger partial charge in [0.25, 0.3) is 0 Å². The zero-order chi connectivity index (χ0) is 12.0. The van der Waals surface area contributed by atoms with Gasteiger partial charge in [0.2, 0.25) is 0 Å². The molecule has 3 heteroatoms. The summed E-state index contributed by atoms with van der Waals surface area (Å²) >= 11 is 0. The number of unbranched alkanes of at least 4 members (excludes halogenated alkanes) is 3. The lowest BCUT2D eigenvalue weighted by atomic mass is 10.2. The van der Waals surface area contributed by atoms with Crippen LogP contribution in [0.3, 0.4) is 0 Å². The molecule has 0 unspecified atom stereocenters. The molecule has 16 heavy (non-hydrogen) atoms. The minimum atomic E-state index is 0.397. The van der Waals surface area contributed by atoms with Crippen LogP contribution < -0.4 is 0 Å². The predicted molar refractivity (Wildman–Crippen MR) is 70.9 cm³/mol. The number of hydrogen-bond acceptors (Lipinski definition) is 1. The minimum absolute atomic E-state index is 0.397. The number of rotatable bonds is 6. The Labute approximate surface area is 101 Å². The highest BCUT2D eigenvalue weighted by Gasteiger charge is 2.22. The van der Waals surface area contributed by atoms with Gasteiger partial charge in [-0.1, -0.05) is 26.2 Å². The standard InChI is InChI=1S/C13H27N3/c1-5-6-7-8-9-16-11-10-15(4)13(16)14-12(2)3/h12H,5-11H2,1-4H3. The van der Waals surface area contributed by atoms with Crippen molar-refractivity contribution in [1.82, 2.24) is 9.80 Å². The van der Waals surface area contributed by atoms with Crippen molar-refractivity contribution in [2.75, 3.05) is 26.7 Å². The Kier molecular flexibility index (Phi) is 5.64. The van der Waals surface area contributed by atoms with E-state index in [2.05, 4.69) is 37.6 Å². The topological polar surface area (TPSA) is 18.8 Å². The van der Waals surface area contributed by atoms with E-state index in [-0.39, 0.29) is 0 Å². The summed E-state index contributed by atoms with van der Waals surface area (Å²) in [4.78, 5) is 9.42. The van der Waals surface area contributed by atoms with E-state index in [9.17, 15) is 0 Å². The van der Waals surface area contributed by atoms with Gasteiger partial charge in [-0.25, -0.2) is 0 Å². The number of guanidine groups is 1. The highest BCUT2D eigenvalue weighted by molar-refractivity contribution is 5.81. The molecule has 0 aromatic rings. The molecule has 94 valence electrons. The van der Waals surface area contributed by atoms with E-state index in [0.29, 0.717) is 6.04 Å². The normalized spacial score (nSPS) is 19.2. The van der Waals surface area contributed by atoms with Crippen molar-refractivity contribution in [2.24, 2.45) is 4.99 Å². The van der Waals surface area contributed by atoms with Gasteiger partial charge in [-0.2, -0.15) is 0 Å². The van der Waals surface area contributed by atoms with E-state index in [4.69, 9.17) is 4.99 Å². The van der Waals surface area contributed by atoms with Gasteiger partial charge in [0, 0.05) is 32.7 Å². The Morgan fingerprint density at radius 2 is 1.94 bits per heavy atom. The molecule has 0 spiro atoms. The van der Waals surface area contributed by atoms with Crippen LogP contribution in [-0.2, 0) is 0 Å². The van der Waals surface area contributed by atoms with Gasteiger partial charge >= 0.3 is 0 Å². The maximum absolute atomic E-state index is 4.71. The molecular weight excluding hydrogens is 198 g/mol. The summed E-state index contributed by atoms with van der Waals surface area (Å²) in [6.45, 7) is 10.0. The van der Waals surface area contributed by atoms with Crippen molar-refractivity contribution >= 4 is 5.96 Å². The Bertz CT molecular complexity index is 223. The van der Waals surface area contributed by atoms with Crippen LogP contribution in [0, 0.1) is 0 Å². The third kappa shape index (κ3) is 4.03. The first-order chi connectivity index (χ1) is 7.65. The van der Waals surface area contributed by atoms with Crippen LogP contribution in [0.4, 0.5) is 0 Å². The van der Waals surface area contributed by atoms with Crippen LogP contribution in [0.5, 0.6) is 0 Å². The summed E-state index contributed by atoms with van der Waals surface area (Å²) in [6.07, 6.45) is 5.33. The molecule has 0 radical (unpaired) electrons. The van der Waals surface area contributed by atoms with E-state index < -0.39 is 0 Å². The third-order valence-electron chi connectivity index (χ3n) is 2.98. The summed E-state index contributed by atoms with van der Waals surface area (Å²) in [6, 6.07) is 0.397. The van der Waals surface area contributed by atoms with Crippen molar-refractivity contribution < 1.29 is 0 Å². The van der Waals surface area contributed by atoms with Crippen molar-refractivity contribution in [2.45, 2.75) is 52.5 Å². The SMILES string of the molecule is CCCCCCN1CCN(C)C1=NC(C)C. The second-order valence-electron chi connectivity index (χ2n) is 4.99. The van der Waals surface area contributed by atoms with E-state index >= 15 is 0 Å². The molecule has 1 aliphatic heterocycles. The fourth-order valence-electron chi connectivity index (χ4n) is 2.06. The lowest BCUT2D eigenvalue weighted by Crippen LogP contribution is -2.33. The van der Waals surface area contributed by atoms with Gasteiger partial charge in [-0.3, -0.25) is 4.99 Å². The molecule has 0 bridgehead atoms. The van der Waals surface area contributed by atoms with E-state index in [1.807, 2.05) is 0 Å². The van der Waals surface area contributed by atoms with Crippen molar-refractivity contribution in [3.8, 4) is 0 Å². The minimum Gasteiger partial charge on any atom is -0.344 e. The molecule has 0 saturated carbocycles. The monoisotopic (exact) mass is 225 g/mol. The molecule has 0 N–H and O–H groups in total. The van der Waals surface area contributed by atoms with E-state index in [1.54, 1.807) is 0 Å². The molecule has 0 atom stereocenters. The Morgan fingerprint density at radius 3 is 2.56 bits per heavy atom. The fourth-order valence-corrected chi connectivity index (χ4v) is 2.06. The van der Waals surface area contributed by atoms with Gasteiger partial charge < -0.3 is 9.80 Å². The van der Waals surface area contributed by atoms with Crippen LogP contribution >= 0.6 is 0 Å². The highest BCUT2D eigenvalue weighted by atomic mass is 15.4. The van der Waals surface area contributed by atoms with Crippen LogP contribution in [0.2, 0.25) is 0 Å². The quantitative estimate of drug-likeness (QED) is 0.647. The van der Waals surface area contributed by atoms with Crippen LogP contribution in [0.1, 0.15) is 46.5 Å². The molecular formula is C13H27N3. The zero-order valence-electron chi connectivity index (χ0n) is 11.4.